The highest BCUT2D eigenvalue weighted by atomic mass is 16.4. The zero-order valence-corrected chi connectivity index (χ0v) is 10.2. The van der Waals surface area contributed by atoms with Crippen LogP contribution < -0.4 is 0 Å². The van der Waals surface area contributed by atoms with Gasteiger partial charge < -0.3 is 9.51 Å². The molecule has 0 atom stereocenters. The minimum atomic E-state index is -1.04. The molecule has 0 saturated heterocycles. The van der Waals surface area contributed by atoms with Crippen LogP contribution in [0.4, 0.5) is 0 Å². The van der Waals surface area contributed by atoms with Gasteiger partial charge in [-0.05, 0) is 31.2 Å². The quantitative estimate of drug-likeness (QED) is 0.761. The molecule has 0 radical (unpaired) electrons. The van der Waals surface area contributed by atoms with Crippen molar-refractivity contribution in [2.75, 3.05) is 0 Å². The normalized spacial score (nSPS) is 10.8. The van der Waals surface area contributed by atoms with E-state index >= 15 is 0 Å². The summed E-state index contributed by atoms with van der Waals surface area (Å²) in [7, 11) is 0. The molecule has 0 aliphatic carbocycles. The minimum Gasteiger partial charge on any atom is -0.477 e. The highest BCUT2D eigenvalue weighted by Crippen LogP contribution is 2.22. The van der Waals surface area contributed by atoms with Gasteiger partial charge in [0.1, 0.15) is 17.0 Å². The third-order valence-corrected chi connectivity index (χ3v) is 2.98. The molecule has 0 bridgehead atoms. The summed E-state index contributed by atoms with van der Waals surface area (Å²) >= 11 is 0. The van der Waals surface area contributed by atoms with Crippen molar-refractivity contribution in [3.63, 3.8) is 0 Å². The lowest BCUT2D eigenvalue weighted by Crippen LogP contribution is -2.01. The molecular weight excluding hydrogens is 242 g/mol. The van der Waals surface area contributed by atoms with E-state index in [2.05, 4.69) is 9.97 Å². The van der Waals surface area contributed by atoms with Gasteiger partial charge in [-0.1, -0.05) is 12.1 Å². The fraction of sp³-hybridized carbons (Fsp3) is 0.0714. The number of aromatic carboxylic acids is 1. The molecule has 0 fully saturated rings. The monoisotopic (exact) mass is 253 g/mol. The van der Waals surface area contributed by atoms with Crippen molar-refractivity contribution in [1.82, 2.24) is 14.4 Å². The van der Waals surface area contributed by atoms with Crippen LogP contribution in [0, 0.1) is 6.92 Å². The molecule has 3 heterocycles. The molecule has 1 N–H and O–H groups in total. The van der Waals surface area contributed by atoms with Crippen LogP contribution in [0.3, 0.4) is 0 Å². The van der Waals surface area contributed by atoms with Crippen molar-refractivity contribution in [3.8, 4) is 11.4 Å². The number of hydrogen-bond acceptors (Lipinski definition) is 3. The van der Waals surface area contributed by atoms with E-state index in [-0.39, 0.29) is 5.69 Å². The first-order valence-corrected chi connectivity index (χ1v) is 5.81. The molecule has 19 heavy (non-hydrogen) atoms. The van der Waals surface area contributed by atoms with Gasteiger partial charge >= 0.3 is 5.97 Å². The van der Waals surface area contributed by atoms with E-state index in [1.165, 1.54) is 6.07 Å². The average Bonchev–Trinajstić information content (AvgIpc) is 2.77. The van der Waals surface area contributed by atoms with Gasteiger partial charge in [-0.2, -0.15) is 0 Å². The lowest BCUT2D eigenvalue weighted by molar-refractivity contribution is 0.0690. The fourth-order valence-electron chi connectivity index (χ4n) is 2.05. The predicted molar refractivity (Wildman–Crippen MR) is 70.1 cm³/mol. The maximum atomic E-state index is 11.0. The van der Waals surface area contributed by atoms with Crippen LogP contribution in [0.25, 0.3) is 17.0 Å². The standard InChI is InChI=1S/C14H11N3O2/c1-9-13(16-12-7-2-3-8-17(9)12)10-5-4-6-11(15-10)14(18)19/h2-8H,1H3,(H,18,19). The Labute approximate surface area is 109 Å². The Balaban J connectivity index is 2.21. The van der Waals surface area contributed by atoms with Crippen LogP contribution in [0.5, 0.6) is 0 Å². The number of carboxylic acids is 1. The summed E-state index contributed by atoms with van der Waals surface area (Å²) < 4.78 is 1.95. The largest absolute Gasteiger partial charge is 0.477 e. The molecule has 0 aromatic carbocycles. The Bertz CT molecular complexity index is 777. The molecule has 5 nitrogen and oxygen atoms in total. The van der Waals surface area contributed by atoms with Crippen LogP contribution in [0.15, 0.2) is 42.6 Å². The lowest BCUT2D eigenvalue weighted by Gasteiger charge is -2.00. The third kappa shape index (κ3) is 1.85. The van der Waals surface area contributed by atoms with Crippen molar-refractivity contribution < 1.29 is 9.90 Å². The van der Waals surface area contributed by atoms with Crippen molar-refractivity contribution in [2.45, 2.75) is 6.92 Å². The molecule has 0 aliphatic rings. The molecule has 0 aliphatic heterocycles. The van der Waals surface area contributed by atoms with Gasteiger partial charge in [-0.3, -0.25) is 0 Å². The fourth-order valence-corrected chi connectivity index (χ4v) is 2.05. The zero-order valence-electron chi connectivity index (χ0n) is 10.2. The molecule has 0 spiro atoms. The highest BCUT2D eigenvalue weighted by molar-refractivity contribution is 5.86. The summed E-state index contributed by atoms with van der Waals surface area (Å²) in [5.74, 6) is -1.04. The maximum absolute atomic E-state index is 11.0. The van der Waals surface area contributed by atoms with E-state index in [4.69, 9.17) is 5.11 Å². The van der Waals surface area contributed by atoms with E-state index < -0.39 is 5.97 Å². The van der Waals surface area contributed by atoms with E-state index in [0.717, 1.165) is 11.3 Å². The predicted octanol–water partition coefficient (Wildman–Crippen LogP) is 2.40. The molecule has 94 valence electrons. The van der Waals surface area contributed by atoms with Gasteiger partial charge in [0.25, 0.3) is 0 Å². The van der Waals surface area contributed by atoms with Crippen LogP contribution in [0.1, 0.15) is 16.2 Å². The van der Waals surface area contributed by atoms with Crippen molar-refractivity contribution in [1.29, 1.82) is 0 Å². The summed E-state index contributed by atoms with van der Waals surface area (Å²) in [5.41, 5.74) is 3.05. The molecule has 0 amide bonds. The van der Waals surface area contributed by atoms with E-state index in [9.17, 15) is 4.79 Å². The number of aryl methyl sites for hydroxylation is 1. The topological polar surface area (TPSA) is 67.5 Å². The van der Waals surface area contributed by atoms with Gasteiger partial charge in [-0.25, -0.2) is 14.8 Å². The third-order valence-electron chi connectivity index (χ3n) is 2.98. The number of rotatable bonds is 2. The van der Waals surface area contributed by atoms with E-state index in [1.54, 1.807) is 12.1 Å². The lowest BCUT2D eigenvalue weighted by atomic mass is 10.2. The van der Waals surface area contributed by atoms with E-state index in [1.807, 2.05) is 35.7 Å². The summed E-state index contributed by atoms with van der Waals surface area (Å²) in [6.07, 6.45) is 1.92. The Hall–Kier alpha value is -2.69. The number of nitrogens with zero attached hydrogens (tertiary/aromatic N) is 3. The number of carboxylic acid groups (broad SMARTS) is 1. The second kappa shape index (κ2) is 4.20. The van der Waals surface area contributed by atoms with Crippen molar-refractivity contribution in [2.24, 2.45) is 0 Å². The van der Waals surface area contributed by atoms with Crippen LogP contribution in [-0.2, 0) is 0 Å². The molecule has 3 aromatic heterocycles. The van der Waals surface area contributed by atoms with Crippen molar-refractivity contribution in [3.05, 3.63) is 54.0 Å². The number of pyridine rings is 2. The summed E-state index contributed by atoms with van der Waals surface area (Å²) in [4.78, 5) is 19.6. The minimum absolute atomic E-state index is 0.0222. The number of fused-ring (bicyclic) bond motifs is 1. The molecule has 0 unspecified atom stereocenters. The molecule has 5 heteroatoms. The second-order valence-corrected chi connectivity index (χ2v) is 4.19. The van der Waals surface area contributed by atoms with Crippen LogP contribution >= 0.6 is 0 Å². The number of aromatic nitrogens is 3. The summed E-state index contributed by atoms with van der Waals surface area (Å²) in [6.45, 7) is 1.93. The molecular formula is C14H11N3O2. The number of imidazole rings is 1. The Morgan fingerprint density at radius 3 is 2.74 bits per heavy atom. The second-order valence-electron chi connectivity index (χ2n) is 4.19. The molecule has 0 saturated carbocycles. The summed E-state index contributed by atoms with van der Waals surface area (Å²) in [5, 5.41) is 8.98. The van der Waals surface area contributed by atoms with Crippen molar-refractivity contribution >= 4 is 11.6 Å². The Morgan fingerprint density at radius 2 is 2.00 bits per heavy atom. The van der Waals surface area contributed by atoms with E-state index in [0.29, 0.717) is 11.4 Å². The number of hydrogen-bond donors (Lipinski definition) is 1. The molecule has 3 aromatic rings. The SMILES string of the molecule is Cc1c(-c2cccc(C(=O)O)n2)nc2ccccn12. The van der Waals surface area contributed by atoms with Gasteiger partial charge in [0.2, 0.25) is 0 Å². The zero-order chi connectivity index (χ0) is 13.4. The molecule has 3 rings (SSSR count). The average molecular weight is 253 g/mol. The van der Waals surface area contributed by atoms with Gasteiger partial charge in [0.05, 0.1) is 5.69 Å². The highest BCUT2D eigenvalue weighted by Gasteiger charge is 2.13. The van der Waals surface area contributed by atoms with Gasteiger partial charge in [0, 0.05) is 11.9 Å². The first kappa shape index (κ1) is 11.4. The first-order chi connectivity index (χ1) is 9.16. The van der Waals surface area contributed by atoms with Crippen LogP contribution in [-0.4, -0.2) is 25.4 Å². The first-order valence-electron chi connectivity index (χ1n) is 5.81. The maximum Gasteiger partial charge on any atom is 0.354 e. The summed E-state index contributed by atoms with van der Waals surface area (Å²) in [6, 6.07) is 10.6. The number of carbonyl (C=O) groups is 1. The Kier molecular flexibility index (Phi) is 2.52. The van der Waals surface area contributed by atoms with Gasteiger partial charge in [-0.15, -0.1) is 0 Å². The smallest absolute Gasteiger partial charge is 0.354 e. The van der Waals surface area contributed by atoms with Crippen LogP contribution in [0.2, 0.25) is 0 Å². The van der Waals surface area contributed by atoms with Gasteiger partial charge in [0.15, 0.2) is 0 Å². The Morgan fingerprint density at radius 1 is 1.16 bits per heavy atom.